The summed E-state index contributed by atoms with van der Waals surface area (Å²) < 4.78 is 25.5. The Balaban J connectivity index is 2.06. The van der Waals surface area contributed by atoms with Gasteiger partial charge in [0.15, 0.2) is 9.84 Å². The quantitative estimate of drug-likeness (QED) is 0.860. The van der Waals surface area contributed by atoms with Crippen LogP contribution in [0.4, 0.5) is 5.82 Å². The minimum absolute atomic E-state index is 0.199. The average molecular weight is 339 g/mol. The van der Waals surface area contributed by atoms with Crippen molar-refractivity contribution in [3.63, 3.8) is 0 Å². The lowest BCUT2D eigenvalue weighted by Crippen LogP contribution is -2.56. The fourth-order valence-electron chi connectivity index (χ4n) is 3.25. The lowest BCUT2D eigenvalue weighted by molar-refractivity contribution is 0.458. The molecule has 0 amide bonds. The van der Waals surface area contributed by atoms with E-state index in [0.29, 0.717) is 25.9 Å². The minimum atomic E-state index is -3.06. The van der Waals surface area contributed by atoms with Gasteiger partial charge in [0.2, 0.25) is 0 Å². The van der Waals surface area contributed by atoms with E-state index in [1.165, 1.54) is 0 Å². The zero-order chi connectivity index (χ0) is 16.0. The molecule has 1 saturated heterocycles. The van der Waals surface area contributed by atoms with Gasteiger partial charge in [-0.3, -0.25) is 0 Å². The number of nitrogens with zero attached hydrogens (tertiary/aromatic N) is 3. The SMILES string of the molecule is CCC1(CC)CN(c2ncnc3c(C)csc23)CCS1(=O)=O. The van der Waals surface area contributed by atoms with Crippen LogP contribution in [0.25, 0.3) is 10.2 Å². The second kappa shape index (κ2) is 5.45. The highest BCUT2D eigenvalue weighted by Crippen LogP contribution is 2.37. The van der Waals surface area contributed by atoms with Crippen LogP contribution in [0.5, 0.6) is 0 Å². The topological polar surface area (TPSA) is 63.2 Å². The van der Waals surface area contributed by atoms with Crippen LogP contribution < -0.4 is 4.90 Å². The second-order valence-corrected chi connectivity index (χ2v) is 9.31. The molecule has 5 nitrogen and oxygen atoms in total. The van der Waals surface area contributed by atoms with Crippen molar-refractivity contribution in [3.8, 4) is 0 Å². The molecule has 2 aromatic heterocycles. The number of hydrogen-bond acceptors (Lipinski definition) is 6. The zero-order valence-corrected chi connectivity index (χ0v) is 14.8. The number of sulfone groups is 1. The van der Waals surface area contributed by atoms with Gasteiger partial charge in [-0.15, -0.1) is 11.3 Å². The maximum absolute atomic E-state index is 12.6. The maximum Gasteiger partial charge on any atom is 0.159 e. The zero-order valence-electron chi connectivity index (χ0n) is 13.2. The third kappa shape index (κ3) is 2.22. The van der Waals surface area contributed by atoms with E-state index >= 15 is 0 Å². The van der Waals surface area contributed by atoms with E-state index in [4.69, 9.17) is 0 Å². The lowest BCUT2D eigenvalue weighted by Gasteiger charge is -2.41. The van der Waals surface area contributed by atoms with Crippen LogP contribution in [0.15, 0.2) is 11.7 Å². The first-order chi connectivity index (χ1) is 10.4. The first kappa shape index (κ1) is 15.7. The van der Waals surface area contributed by atoms with Gasteiger partial charge < -0.3 is 4.90 Å². The third-order valence-corrected chi connectivity index (χ3v) is 8.70. The predicted octanol–water partition coefficient (Wildman–Crippen LogP) is 2.79. The van der Waals surface area contributed by atoms with Crippen LogP contribution in [-0.4, -0.2) is 42.0 Å². The summed E-state index contributed by atoms with van der Waals surface area (Å²) in [7, 11) is -3.06. The number of fused-ring (bicyclic) bond motifs is 1. The molecule has 0 radical (unpaired) electrons. The van der Waals surface area contributed by atoms with Crippen molar-refractivity contribution in [1.82, 2.24) is 9.97 Å². The number of rotatable bonds is 3. The van der Waals surface area contributed by atoms with Crippen LogP contribution in [0.2, 0.25) is 0 Å². The minimum Gasteiger partial charge on any atom is -0.353 e. The first-order valence-electron chi connectivity index (χ1n) is 7.60. The van der Waals surface area contributed by atoms with Crippen molar-refractivity contribution in [2.75, 3.05) is 23.7 Å². The normalized spacial score (nSPS) is 20.4. The molecule has 0 bridgehead atoms. The van der Waals surface area contributed by atoms with Crippen molar-refractivity contribution in [1.29, 1.82) is 0 Å². The molecule has 22 heavy (non-hydrogen) atoms. The Bertz CT molecular complexity index is 794. The number of hydrogen-bond donors (Lipinski definition) is 0. The number of aryl methyl sites for hydroxylation is 1. The van der Waals surface area contributed by atoms with Gasteiger partial charge in [0.1, 0.15) is 12.1 Å². The molecule has 0 atom stereocenters. The Labute approximate surface area is 135 Å². The monoisotopic (exact) mass is 339 g/mol. The van der Waals surface area contributed by atoms with Gasteiger partial charge in [0.05, 0.1) is 20.7 Å². The van der Waals surface area contributed by atoms with Crippen LogP contribution in [-0.2, 0) is 9.84 Å². The molecule has 0 N–H and O–H groups in total. The van der Waals surface area contributed by atoms with Gasteiger partial charge in [-0.2, -0.15) is 0 Å². The molecule has 0 unspecified atom stereocenters. The Morgan fingerprint density at radius 2 is 2.05 bits per heavy atom. The molecule has 0 spiro atoms. The molecule has 2 aromatic rings. The highest BCUT2D eigenvalue weighted by atomic mass is 32.2. The van der Waals surface area contributed by atoms with Gasteiger partial charge in [-0.05, 0) is 30.7 Å². The van der Waals surface area contributed by atoms with Crippen molar-refractivity contribution in [3.05, 3.63) is 17.3 Å². The number of aromatic nitrogens is 2. The smallest absolute Gasteiger partial charge is 0.159 e. The summed E-state index contributed by atoms with van der Waals surface area (Å²) >= 11 is 1.63. The molecule has 1 fully saturated rings. The maximum atomic E-state index is 12.6. The molecule has 120 valence electrons. The van der Waals surface area contributed by atoms with Gasteiger partial charge in [0, 0.05) is 13.1 Å². The van der Waals surface area contributed by atoms with Crippen LogP contribution in [0.1, 0.15) is 32.3 Å². The number of anilines is 1. The predicted molar refractivity (Wildman–Crippen MR) is 91.5 cm³/mol. The molecule has 7 heteroatoms. The van der Waals surface area contributed by atoms with E-state index in [9.17, 15) is 8.42 Å². The fraction of sp³-hybridized carbons (Fsp3) is 0.600. The summed E-state index contributed by atoms with van der Waals surface area (Å²) in [6.45, 7) is 7.00. The first-order valence-corrected chi connectivity index (χ1v) is 10.1. The molecule has 3 rings (SSSR count). The summed E-state index contributed by atoms with van der Waals surface area (Å²) in [4.78, 5) is 10.9. The molecule has 0 aliphatic carbocycles. The standard InChI is InChI=1S/C15H21N3O2S2/c1-4-15(5-2)9-18(6-7-22(15,19)20)14-13-12(16-10-17-14)11(3)8-21-13/h8,10H,4-7,9H2,1-3H3. The number of thiophene rings is 1. The molecule has 1 aliphatic rings. The van der Waals surface area contributed by atoms with Crippen molar-refractivity contribution in [2.45, 2.75) is 38.4 Å². The Kier molecular flexibility index (Phi) is 3.89. The van der Waals surface area contributed by atoms with Crippen LogP contribution >= 0.6 is 11.3 Å². The third-order valence-electron chi connectivity index (χ3n) is 4.87. The van der Waals surface area contributed by atoms with Gasteiger partial charge in [-0.25, -0.2) is 18.4 Å². The van der Waals surface area contributed by atoms with E-state index < -0.39 is 14.6 Å². The van der Waals surface area contributed by atoms with E-state index in [-0.39, 0.29) is 5.75 Å². The van der Waals surface area contributed by atoms with Gasteiger partial charge in [0.25, 0.3) is 0 Å². The molecular weight excluding hydrogens is 318 g/mol. The summed E-state index contributed by atoms with van der Waals surface area (Å²) in [5.74, 6) is 1.08. The molecular formula is C15H21N3O2S2. The lowest BCUT2D eigenvalue weighted by atomic mass is 10.0. The summed E-state index contributed by atoms with van der Waals surface area (Å²) in [6, 6.07) is 0. The van der Waals surface area contributed by atoms with Crippen LogP contribution in [0.3, 0.4) is 0 Å². The highest BCUT2D eigenvalue weighted by molar-refractivity contribution is 7.92. The van der Waals surface area contributed by atoms with E-state index in [0.717, 1.165) is 21.6 Å². The van der Waals surface area contributed by atoms with Crippen LogP contribution in [0, 0.1) is 6.92 Å². The molecule has 0 saturated carbocycles. The van der Waals surface area contributed by atoms with E-state index in [1.54, 1.807) is 17.7 Å². The molecule has 0 aromatic carbocycles. The second-order valence-electron chi connectivity index (χ2n) is 5.92. The van der Waals surface area contributed by atoms with Crippen molar-refractivity contribution >= 4 is 37.2 Å². The van der Waals surface area contributed by atoms with E-state index in [1.807, 2.05) is 20.8 Å². The molecule has 3 heterocycles. The van der Waals surface area contributed by atoms with Gasteiger partial charge in [-0.1, -0.05) is 13.8 Å². The molecule has 1 aliphatic heterocycles. The van der Waals surface area contributed by atoms with Gasteiger partial charge >= 0.3 is 0 Å². The Morgan fingerprint density at radius 1 is 1.32 bits per heavy atom. The largest absolute Gasteiger partial charge is 0.353 e. The fourth-order valence-corrected chi connectivity index (χ4v) is 6.39. The van der Waals surface area contributed by atoms with Crippen molar-refractivity contribution in [2.24, 2.45) is 0 Å². The average Bonchev–Trinajstić information content (AvgIpc) is 2.89. The highest BCUT2D eigenvalue weighted by Gasteiger charge is 2.45. The van der Waals surface area contributed by atoms with E-state index in [2.05, 4.69) is 20.2 Å². The Morgan fingerprint density at radius 3 is 2.73 bits per heavy atom. The summed E-state index contributed by atoms with van der Waals surface area (Å²) in [5, 5.41) is 2.08. The van der Waals surface area contributed by atoms with Crippen molar-refractivity contribution < 1.29 is 8.42 Å². The Hall–Kier alpha value is -1.21. The summed E-state index contributed by atoms with van der Waals surface area (Å²) in [6.07, 6.45) is 2.86. The summed E-state index contributed by atoms with van der Waals surface area (Å²) in [5.41, 5.74) is 2.12.